The molecule has 0 amide bonds. The van der Waals surface area contributed by atoms with E-state index in [4.69, 9.17) is 14.6 Å². The lowest BCUT2D eigenvalue weighted by Gasteiger charge is -2.20. The normalized spacial score (nSPS) is 10.7. The molecule has 0 aliphatic rings. The second-order valence-corrected chi connectivity index (χ2v) is 4.92. The van der Waals surface area contributed by atoms with Gasteiger partial charge in [0, 0.05) is 20.2 Å². The lowest BCUT2D eigenvalue weighted by molar-refractivity contribution is -0.138. The lowest BCUT2D eigenvalue weighted by Crippen LogP contribution is -2.32. The number of nitrogens with zero attached hydrogens (tertiary/aromatic N) is 1. The molecule has 0 heterocycles. The van der Waals surface area contributed by atoms with Gasteiger partial charge in [0.1, 0.15) is 5.75 Å². The number of carboxylic acid groups (broad SMARTS) is 1. The predicted octanol–water partition coefficient (Wildman–Crippen LogP) is 1.99. The maximum absolute atomic E-state index is 10.8. The van der Waals surface area contributed by atoms with E-state index in [0.717, 1.165) is 15.8 Å². The SMILES string of the molecule is COCCN(CC(=O)O)Cc1ccc(OC)c(Br)c1. The van der Waals surface area contributed by atoms with E-state index in [1.807, 2.05) is 23.1 Å². The molecule has 1 rings (SSSR count). The van der Waals surface area contributed by atoms with Gasteiger partial charge in [-0.15, -0.1) is 0 Å². The van der Waals surface area contributed by atoms with Crippen LogP contribution < -0.4 is 4.74 Å². The van der Waals surface area contributed by atoms with Gasteiger partial charge in [0.2, 0.25) is 0 Å². The fourth-order valence-corrected chi connectivity index (χ4v) is 2.28. The minimum Gasteiger partial charge on any atom is -0.496 e. The van der Waals surface area contributed by atoms with Gasteiger partial charge in [-0.1, -0.05) is 6.07 Å². The Hall–Kier alpha value is -1.11. The number of ether oxygens (including phenoxy) is 2. The van der Waals surface area contributed by atoms with Gasteiger partial charge in [0.05, 0.1) is 24.7 Å². The Morgan fingerprint density at radius 2 is 2.16 bits per heavy atom. The van der Waals surface area contributed by atoms with E-state index in [1.165, 1.54) is 0 Å². The summed E-state index contributed by atoms with van der Waals surface area (Å²) in [7, 11) is 3.21. The second kappa shape index (κ2) is 8.14. The number of carboxylic acids is 1. The maximum atomic E-state index is 10.8. The van der Waals surface area contributed by atoms with Crippen LogP contribution in [0.1, 0.15) is 5.56 Å². The van der Waals surface area contributed by atoms with Crippen LogP contribution in [0.2, 0.25) is 0 Å². The van der Waals surface area contributed by atoms with E-state index in [-0.39, 0.29) is 6.54 Å². The number of carbonyl (C=O) groups is 1. The Morgan fingerprint density at radius 1 is 1.42 bits per heavy atom. The Bertz CT molecular complexity index is 425. The Morgan fingerprint density at radius 3 is 2.68 bits per heavy atom. The van der Waals surface area contributed by atoms with Crippen LogP contribution in [0.5, 0.6) is 5.75 Å². The van der Waals surface area contributed by atoms with Crippen molar-refractivity contribution in [2.45, 2.75) is 6.54 Å². The van der Waals surface area contributed by atoms with Gasteiger partial charge < -0.3 is 14.6 Å². The summed E-state index contributed by atoms with van der Waals surface area (Å²) in [5.41, 5.74) is 1.02. The number of aliphatic carboxylic acids is 1. The predicted molar refractivity (Wildman–Crippen MR) is 75.5 cm³/mol. The van der Waals surface area contributed by atoms with Gasteiger partial charge in [-0.05, 0) is 33.6 Å². The average Bonchev–Trinajstić information content (AvgIpc) is 2.35. The molecule has 0 aliphatic carbocycles. The van der Waals surface area contributed by atoms with Gasteiger partial charge in [-0.25, -0.2) is 0 Å². The van der Waals surface area contributed by atoms with Crippen molar-refractivity contribution in [2.75, 3.05) is 33.9 Å². The quantitative estimate of drug-likeness (QED) is 0.789. The van der Waals surface area contributed by atoms with Crippen LogP contribution in [0.4, 0.5) is 0 Å². The molecule has 0 bridgehead atoms. The highest BCUT2D eigenvalue weighted by Crippen LogP contribution is 2.25. The van der Waals surface area contributed by atoms with Crippen molar-refractivity contribution in [3.8, 4) is 5.75 Å². The number of benzene rings is 1. The number of rotatable bonds is 8. The van der Waals surface area contributed by atoms with Crippen molar-refractivity contribution in [3.05, 3.63) is 28.2 Å². The third-order valence-electron chi connectivity index (χ3n) is 2.59. The van der Waals surface area contributed by atoms with Crippen LogP contribution in [0, 0.1) is 0 Å². The summed E-state index contributed by atoms with van der Waals surface area (Å²) >= 11 is 3.42. The van der Waals surface area contributed by atoms with Gasteiger partial charge in [-0.3, -0.25) is 9.69 Å². The molecule has 5 nitrogen and oxygen atoms in total. The van der Waals surface area contributed by atoms with Crippen LogP contribution >= 0.6 is 15.9 Å². The van der Waals surface area contributed by atoms with Crippen molar-refractivity contribution in [2.24, 2.45) is 0 Å². The first kappa shape index (κ1) is 15.9. The smallest absolute Gasteiger partial charge is 0.317 e. The first-order valence-electron chi connectivity index (χ1n) is 5.82. The van der Waals surface area contributed by atoms with E-state index in [0.29, 0.717) is 19.7 Å². The minimum atomic E-state index is -0.844. The van der Waals surface area contributed by atoms with Crippen molar-refractivity contribution >= 4 is 21.9 Å². The third-order valence-corrected chi connectivity index (χ3v) is 3.21. The largest absolute Gasteiger partial charge is 0.496 e. The molecule has 0 unspecified atom stereocenters. The summed E-state index contributed by atoms with van der Waals surface area (Å²) in [6.07, 6.45) is 0. The molecule has 106 valence electrons. The maximum Gasteiger partial charge on any atom is 0.317 e. The second-order valence-electron chi connectivity index (χ2n) is 4.07. The highest BCUT2D eigenvalue weighted by molar-refractivity contribution is 9.10. The monoisotopic (exact) mass is 331 g/mol. The molecule has 0 aliphatic heterocycles. The molecule has 0 spiro atoms. The van der Waals surface area contributed by atoms with Crippen LogP contribution in [0.15, 0.2) is 22.7 Å². The van der Waals surface area contributed by atoms with E-state index >= 15 is 0 Å². The average molecular weight is 332 g/mol. The summed E-state index contributed by atoms with van der Waals surface area (Å²) in [6, 6.07) is 5.71. The first-order valence-corrected chi connectivity index (χ1v) is 6.61. The number of halogens is 1. The van der Waals surface area contributed by atoms with E-state index in [2.05, 4.69) is 15.9 Å². The van der Waals surface area contributed by atoms with Crippen molar-refractivity contribution in [1.82, 2.24) is 4.90 Å². The van der Waals surface area contributed by atoms with Crippen LogP contribution in [-0.2, 0) is 16.1 Å². The number of hydrogen-bond donors (Lipinski definition) is 1. The molecule has 0 saturated carbocycles. The Kier molecular flexibility index (Phi) is 6.83. The fourth-order valence-electron chi connectivity index (χ4n) is 1.69. The Labute approximate surface area is 121 Å². The molecule has 0 atom stereocenters. The zero-order valence-corrected chi connectivity index (χ0v) is 12.6. The van der Waals surface area contributed by atoms with Gasteiger partial charge in [0.15, 0.2) is 0 Å². The third kappa shape index (κ3) is 5.59. The summed E-state index contributed by atoms with van der Waals surface area (Å²) < 4.78 is 11.0. The summed E-state index contributed by atoms with van der Waals surface area (Å²) in [4.78, 5) is 12.6. The highest BCUT2D eigenvalue weighted by atomic mass is 79.9. The van der Waals surface area contributed by atoms with Crippen molar-refractivity contribution < 1.29 is 19.4 Å². The topological polar surface area (TPSA) is 59.0 Å². The summed E-state index contributed by atoms with van der Waals surface area (Å²) in [6.45, 7) is 1.63. The molecule has 1 N–H and O–H groups in total. The molecule has 1 aromatic rings. The van der Waals surface area contributed by atoms with E-state index < -0.39 is 5.97 Å². The standard InChI is InChI=1S/C13H18BrNO4/c1-18-6-5-15(9-13(16)17)8-10-3-4-12(19-2)11(14)7-10/h3-4,7H,5-6,8-9H2,1-2H3,(H,16,17). The zero-order chi connectivity index (χ0) is 14.3. The van der Waals surface area contributed by atoms with E-state index in [1.54, 1.807) is 14.2 Å². The number of hydrogen-bond acceptors (Lipinski definition) is 4. The van der Waals surface area contributed by atoms with Gasteiger partial charge in [-0.2, -0.15) is 0 Å². The molecule has 0 aromatic heterocycles. The molecule has 19 heavy (non-hydrogen) atoms. The molecular weight excluding hydrogens is 314 g/mol. The van der Waals surface area contributed by atoms with Crippen LogP contribution in [0.3, 0.4) is 0 Å². The molecule has 0 fully saturated rings. The molecule has 0 radical (unpaired) electrons. The number of methoxy groups -OCH3 is 2. The molecule has 1 aromatic carbocycles. The fraction of sp³-hybridized carbons (Fsp3) is 0.462. The van der Waals surface area contributed by atoms with Crippen LogP contribution in [0.25, 0.3) is 0 Å². The molecule has 6 heteroatoms. The lowest BCUT2D eigenvalue weighted by atomic mass is 10.2. The van der Waals surface area contributed by atoms with Crippen molar-refractivity contribution in [1.29, 1.82) is 0 Å². The summed E-state index contributed by atoms with van der Waals surface area (Å²) in [5.74, 6) is -0.0888. The highest BCUT2D eigenvalue weighted by Gasteiger charge is 2.11. The molecular formula is C13H18BrNO4. The van der Waals surface area contributed by atoms with Crippen molar-refractivity contribution in [3.63, 3.8) is 0 Å². The minimum absolute atomic E-state index is 0.00694. The first-order chi connectivity index (χ1) is 9.06. The van der Waals surface area contributed by atoms with E-state index in [9.17, 15) is 4.79 Å². The van der Waals surface area contributed by atoms with Crippen LogP contribution in [-0.4, -0.2) is 49.9 Å². The zero-order valence-electron chi connectivity index (χ0n) is 11.1. The summed E-state index contributed by atoms with van der Waals surface area (Å²) in [5, 5.41) is 8.89. The molecule has 0 saturated heterocycles. The van der Waals surface area contributed by atoms with Gasteiger partial charge in [0.25, 0.3) is 0 Å². The van der Waals surface area contributed by atoms with Gasteiger partial charge >= 0.3 is 5.97 Å². The Balaban J connectivity index is 2.71.